The van der Waals surface area contributed by atoms with Gasteiger partial charge in [0.2, 0.25) is 0 Å². The van der Waals surface area contributed by atoms with Crippen molar-refractivity contribution in [2.24, 2.45) is 11.3 Å². The zero-order chi connectivity index (χ0) is 29.9. The van der Waals surface area contributed by atoms with E-state index in [-0.39, 0.29) is 23.2 Å². The Hall–Kier alpha value is -2.64. The Kier molecular flexibility index (Phi) is 9.48. The van der Waals surface area contributed by atoms with Gasteiger partial charge in [0.15, 0.2) is 0 Å². The van der Waals surface area contributed by atoms with E-state index < -0.39 is 6.10 Å². The smallest absolute Gasteiger partial charge is 0.118 e. The molecule has 0 aromatic heterocycles. The minimum Gasteiger partial charge on any atom is -0.497 e. The Morgan fingerprint density at radius 3 is 2.12 bits per heavy atom. The molecule has 0 amide bonds. The molecule has 1 N–H and O–H groups in total. The third-order valence-electron chi connectivity index (χ3n) is 10.0. The molecule has 2 aromatic carbocycles. The molecule has 1 aliphatic heterocycles. The van der Waals surface area contributed by atoms with Crippen LogP contribution in [0.1, 0.15) is 70.9 Å². The molecule has 1 fully saturated rings. The van der Waals surface area contributed by atoms with Crippen LogP contribution in [0.25, 0.3) is 0 Å². The van der Waals surface area contributed by atoms with Crippen LogP contribution in [0.2, 0.25) is 0 Å². The average Bonchev–Trinajstić information content (AvgIpc) is 3.68. The summed E-state index contributed by atoms with van der Waals surface area (Å²) in [5, 5.41) is 12.0. The molecule has 42 heavy (non-hydrogen) atoms. The second kappa shape index (κ2) is 12.9. The van der Waals surface area contributed by atoms with Gasteiger partial charge in [0.25, 0.3) is 0 Å². The topological polar surface area (TPSA) is 69.7 Å². The Morgan fingerprint density at radius 2 is 1.50 bits per heavy atom. The predicted molar refractivity (Wildman–Crippen MR) is 165 cm³/mol. The van der Waals surface area contributed by atoms with E-state index in [1.54, 1.807) is 14.2 Å². The van der Waals surface area contributed by atoms with Crippen LogP contribution in [0.15, 0.2) is 71.3 Å². The van der Waals surface area contributed by atoms with E-state index in [2.05, 4.69) is 33.8 Å². The summed E-state index contributed by atoms with van der Waals surface area (Å²) in [6, 6.07) is 16.0. The molecule has 0 unspecified atom stereocenters. The lowest BCUT2D eigenvalue weighted by Gasteiger charge is -2.47. The van der Waals surface area contributed by atoms with Crippen molar-refractivity contribution in [1.82, 2.24) is 0 Å². The maximum Gasteiger partial charge on any atom is 0.118 e. The fourth-order valence-electron chi connectivity index (χ4n) is 6.80. The summed E-state index contributed by atoms with van der Waals surface area (Å²) in [5.74, 6) is 2.00. The fraction of sp³-hybridized carbons (Fsp3) is 0.556. The molecule has 3 aliphatic rings. The summed E-state index contributed by atoms with van der Waals surface area (Å²) >= 11 is 0. The van der Waals surface area contributed by atoms with Crippen LogP contribution in [0.3, 0.4) is 0 Å². The quantitative estimate of drug-likeness (QED) is 0.252. The van der Waals surface area contributed by atoms with Crippen molar-refractivity contribution in [3.05, 3.63) is 82.5 Å². The third kappa shape index (κ3) is 6.62. The van der Waals surface area contributed by atoms with Gasteiger partial charge in [-0.3, -0.25) is 0 Å². The van der Waals surface area contributed by atoms with Crippen LogP contribution in [-0.4, -0.2) is 49.8 Å². The number of epoxide rings is 1. The van der Waals surface area contributed by atoms with E-state index in [9.17, 15) is 5.11 Å². The summed E-state index contributed by atoms with van der Waals surface area (Å²) < 4.78 is 30.1. The molecule has 0 saturated carbocycles. The average molecular weight is 577 g/mol. The van der Waals surface area contributed by atoms with Gasteiger partial charge >= 0.3 is 0 Å². The van der Waals surface area contributed by atoms with E-state index in [1.807, 2.05) is 48.5 Å². The monoisotopic (exact) mass is 576 g/mol. The number of aliphatic hydroxyl groups excluding tert-OH is 1. The van der Waals surface area contributed by atoms with Crippen LogP contribution >= 0.6 is 0 Å². The van der Waals surface area contributed by atoms with Gasteiger partial charge in [-0.1, -0.05) is 49.8 Å². The van der Waals surface area contributed by atoms with Crippen molar-refractivity contribution < 1.29 is 28.8 Å². The van der Waals surface area contributed by atoms with Crippen molar-refractivity contribution in [3.8, 4) is 11.5 Å². The van der Waals surface area contributed by atoms with Gasteiger partial charge in [-0.2, -0.15) is 0 Å². The summed E-state index contributed by atoms with van der Waals surface area (Å²) in [6.07, 6.45) is 5.87. The van der Waals surface area contributed by atoms with Crippen molar-refractivity contribution in [1.29, 1.82) is 0 Å². The molecular formula is C36H48O6. The highest BCUT2D eigenvalue weighted by atomic mass is 16.6. The van der Waals surface area contributed by atoms with Crippen LogP contribution in [0, 0.1) is 11.3 Å². The Bertz CT molecular complexity index is 1260. The summed E-state index contributed by atoms with van der Waals surface area (Å²) in [7, 11) is 3.35. The SMILES string of the molecule is COc1ccc(COCC2=C3[C@H](OCc4ccc(OC)cc4)C[C@@H](C)[C@]2(C)CCC(C)=CCC[C@@]2(C)O[C@@H]2[C@H]3O)cc1. The Morgan fingerprint density at radius 1 is 0.881 bits per heavy atom. The minimum atomic E-state index is -0.744. The highest BCUT2D eigenvalue weighted by molar-refractivity contribution is 5.36. The Balaban J connectivity index is 1.48. The number of rotatable bonds is 9. The molecule has 2 bridgehead atoms. The maximum absolute atomic E-state index is 12.0. The van der Waals surface area contributed by atoms with Gasteiger partial charge in [-0.25, -0.2) is 0 Å². The van der Waals surface area contributed by atoms with Gasteiger partial charge in [-0.15, -0.1) is 0 Å². The van der Waals surface area contributed by atoms with Gasteiger partial charge in [0.1, 0.15) is 23.7 Å². The van der Waals surface area contributed by atoms with Crippen LogP contribution in [-0.2, 0) is 27.4 Å². The lowest BCUT2D eigenvalue weighted by Crippen LogP contribution is -2.45. The van der Waals surface area contributed by atoms with Crippen LogP contribution < -0.4 is 9.47 Å². The van der Waals surface area contributed by atoms with Gasteiger partial charge in [0, 0.05) is 0 Å². The number of aliphatic hydroxyl groups is 1. The lowest BCUT2D eigenvalue weighted by atomic mass is 9.60. The third-order valence-corrected chi connectivity index (χ3v) is 10.0. The first-order valence-corrected chi connectivity index (χ1v) is 15.4. The van der Waals surface area contributed by atoms with Crippen molar-refractivity contribution >= 4 is 0 Å². The molecule has 1 heterocycles. The number of allylic oxidation sites excluding steroid dienone is 2. The first-order valence-electron chi connectivity index (χ1n) is 15.4. The van der Waals surface area contributed by atoms with E-state index >= 15 is 0 Å². The van der Waals surface area contributed by atoms with Crippen molar-refractivity contribution in [3.63, 3.8) is 0 Å². The predicted octanol–water partition coefficient (Wildman–Crippen LogP) is 7.19. The van der Waals surface area contributed by atoms with Crippen LogP contribution in [0.5, 0.6) is 11.5 Å². The molecular weight excluding hydrogens is 528 g/mol. The summed E-state index contributed by atoms with van der Waals surface area (Å²) in [4.78, 5) is 0. The van der Waals surface area contributed by atoms with E-state index in [0.717, 1.165) is 60.3 Å². The molecule has 0 radical (unpaired) electrons. The highest BCUT2D eigenvalue weighted by Gasteiger charge is 2.58. The van der Waals surface area contributed by atoms with Gasteiger partial charge in [0.05, 0.1) is 45.7 Å². The van der Waals surface area contributed by atoms with Crippen molar-refractivity contribution in [2.75, 3.05) is 20.8 Å². The van der Waals surface area contributed by atoms with Gasteiger partial charge in [-0.05, 0) is 104 Å². The molecule has 0 spiro atoms. The van der Waals surface area contributed by atoms with Crippen LogP contribution in [0.4, 0.5) is 0 Å². The molecule has 6 atom stereocenters. The molecule has 2 aromatic rings. The first kappa shape index (κ1) is 30.8. The number of methoxy groups -OCH3 is 2. The molecule has 6 heteroatoms. The standard InChI is InChI=1S/C36H48O6/c1-24-8-7-18-36(4)34(42-36)33(37)32-30(23-40-21-26-9-13-28(38-5)14-10-26)35(3,19-17-24)25(2)20-31(32)41-22-27-11-15-29(39-6)16-12-27/h8-16,25,31,33-34,37H,7,17-23H2,1-6H3/t25-,31-,33+,34-,35+,36-/m1/s1. The van der Waals surface area contributed by atoms with E-state index in [0.29, 0.717) is 25.7 Å². The zero-order valence-corrected chi connectivity index (χ0v) is 26.2. The zero-order valence-electron chi connectivity index (χ0n) is 26.2. The number of hydrogen-bond donors (Lipinski definition) is 1. The maximum atomic E-state index is 12.0. The second-order valence-corrected chi connectivity index (χ2v) is 12.9. The highest BCUT2D eigenvalue weighted by Crippen LogP contribution is 2.53. The number of hydrogen-bond acceptors (Lipinski definition) is 6. The molecule has 1 saturated heterocycles. The fourth-order valence-corrected chi connectivity index (χ4v) is 6.80. The lowest BCUT2D eigenvalue weighted by molar-refractivity contribution is -0.00708. The summed E-state index contributed by atoms with van der Waals surface area (Å²) in [5.41, 5.74) is 5.24. The normalized spacial score (nSPS) is 31.4. The summed E-state index contributed by atoms with van der Waals surface area (Å²) in [6.45, 7) is 10.5. The largest absolute Gasteiger partial charge is 0.497 e. The number of benzene rings is 2. The minimum absolute atomic E-state index is 0.143. The molecule has 2 aliphatic carbocycles. The number of ether oxygens (including phenoxy) is 5. The van der Waals surface area contributed by atoms with E-state index in [4.69, 9.17) is 23.7 Å². The molecule has 228 valence electrons. The Labute approximate surface area is 251 Å². The second-order valence-electron chi connectivity index (χ2n) is 12.9. The number of fused-ring (bicyclic) bond motifs is 2. The van der Waals surface area contributed by atoms with E-state index in [1.165, 1.54) is 11.1 Å². The molecule has 6 nitrogen and oxygen atoms in total. The first-order chi connectivity index (χ1) is 20.2. The van der Waals surface area contributed by atoms with Gasteiger partial charge < -0.3 is 28.8 Å². The van der Waals surface area contributed by atoms with Crippen molar-refractivity contribution in [2.45, 2.75) is 96.9 Å². The molecule has 5 rings (SSSR count).